The maximum absolute atomic E-state index is 16.6. The van der Waals surface area contributed by atoms with E-state index in [0.717, 1.165) is 63.1 Å². The molecular weight excluding hydrogens is 619 g/mol. The molecule has 3 aromatic heterocycles. The number of halogens is 3. The molecule has 10 nitrogen and oxygen atoms in total. The summed E-state index contributed by atoms with van der Waals surface area (Å²) in [6, 6.07) is 2.66. The molecule has 46 heavy (non-hydrogen) atoms. The van der Waals surface area contributed by atoms with E-state index in [9.17, 15) is 13.6 Å². The average molecular weight is 656 g/mol. The van der Waals surface area contributed by atoms with E-state index in [0.29, 0.717) is 24.2 Å². The number of benzene rings is 1. The van der Waals surface area contributed by atoms with Gasteiger partial charge in [-0.3, -0.25) is 15.2 Å². The lowest BCUT2D eigenvalue weighted by molar-refractivity contribution is 0.0636. The average Bonchev–Trinajstić information content (AvgIpc) is 3.68. The number of amides is 1. The van der Waals surface area contributed by atoms with Gasteiger partial charge in [0.15, 0.2) is 10.9 Å². The van der Waals surface area contributed by atoms with Gasteiger partial charge >= 0.3 is 12.1 Å². The second-order valence-electron chi connectivity index (χ2n) is 13.3. The molecule has 3 fully saturated rings. The fraction of sp³-hybridized carbons (Fsp3) is 0.531. The number of ether oxygens (including phenoxy) is 2. The third-order valence-corrected chi connectivity index (χ3v) is 9.87. The molecule has 1 N–H and O–H groups in total. The molecule has 0 unspecified atom stereocenters. The highest BCUT2D eigenvalue weighted by molar-refractivity contribution is 7.22. The Balaban J connectivity index is 1.28. The topological polar surface area (TPSA) is 106 Å². The van der Waals surface area contributed by atoms with E-state index in [1.165, 1.54) is 18.3 Å². The third-order valence-electron chi connectivity index (χ3n) is 8.89. The van der Waals surface area contributed by atoms with Crippen LogP contribution in [0, 0.1) is 11.6 Å². The number of piperidine rings is 1. The second kappa shape index (κ2) is 11.8. The molecule has 3 saturated heterocycles. The highest BCUT2D eigenvalue weighted by Crippen LogP contribution is 2.41. The number of anilines is 2. The van der Waals surface area contributed by atoms with Crippen LogP contribution < -0.4 is 15.0 Å². The number of hydrogen-bond donors (Lipinski definition) is 1. The summed E-state index contributed by atoms with van der Waals surface area (Å²) in [7, 11) is 0. The minimum Gasteiger partial charge on any atom is -0.461 e. The van der Waals surface area contributed by atoms with Crippen molar-refractivity contribution in [2.45, 2.75) is 76.6 Å². The van der Waals surface area contributed by atoms with Gasteiger partial charge in [0.05, 0.1) is 21.1 Å². The van der Waals surface area contributed by atoms with E-state index in [4.69, 9.17) is 14.5 Å². The highest BCUT2D eigenvalue weighted by atomic mass is 32.1. The zero-order chi connectivity index (χ0) is 32.2. The molecule has 244 valence electrons. The molecule has 0 bridgehead atoms. The van der Waals surface area contributed by atoms with Crippen LogP contribution in [0.4, 0.5) is 28.9 Å². The first-order valence-corrected chi connectivity index (χ1v) is 16.5. The Morgan fingerprint density at radius 2 is 1.89 bits per heavy atom. The van der Waals surface area contributed by atoms with E-state index in [-0.39, 0.29) is 44.7 Å². The number of alkyl halides is 1. The summed E-state index contributed by atoms with van der Waals surface area (Å²) in [5, 5.41) is 3.08. The molecule has 0 spiro atoms. The monoisotopic (exact) mass is 655 g/mol. The van der Waals surface area contributed by atoms with Gasteiger partial charge in [0.1, 0.15) is 41.2 Å². The van der Waals surface area contributed by atoms with Crippen molar-refractivity contribution in [3.05, 3.63) is 30.0 Å². The molecule has 1 amide bonds. The predicted molar refractivity (Wildman–Crippen MR) is 170 cm³/mol. The van der Waals surface area contributed by atoms with Gasteiger partial charge in [-0.1, -0.05) is 11.3 Å². The molecule has 14 heteroatoms. The van der Waals surface area contributed by atoms with Crippen LogP contribution in [0.2, 0.25) is 0 Å². The number of fused-ring (bicyclic) bond motifs is 3. The molecule has 2 atom stereocenters. The first-order chi connectivity index (χ1) is 22.0. The summed E-state index contributed by atoms with van der Waals surface area (Å²) in [5.74, 6) is -0.756. The number of aromatic nitrogens is 4. The Kier molecular flexibility index (Phi) is 7.90. The molecule has 0 saturated carbocycles. The SMILES string of the molecule is CC(C)(C)OC(=O)Nc1nc2c(-c3ncc4c(N5CCCCC5)nc(OC[C@@]56CCCN5C[C@H](F)C6)nc4c3F)ccc(F)c2s1. The normalized spacial score (nSPS) is 22.0. The van der Waals surface area contributed by atoms with E-state index in [1.807, 2.05) is 0 Å². The van der Waals surface area contributed by atoms with Crippen LogP contribution in [0.5, 0.6) is 6.01 Å². The van der Waals surface area contributed by atoms with E-state index in [2.05, 4.69) is 30.1 Å². The van der Waals surface area contributed by atoms with Gasteiger partial charge in [0, 0.05) is 37.8 Å². The fourth-order valence-electron chi connectivity index (χ4n) is 6.88. The molecule has 0 aliphatic carbocycles. The van der Waals surface area contributed by atoms with Crippen molar-refractivity contribution in [1.82, 2.24) is 24.8 Å². The van der Waals surface area contributed by atoms with E-state index >= 15 is 4.39 Å². The second-order valence-corrected chi connectivity index (χ2v) is 14.3. The van der Waals surface area contributed by atoms with Crippen molar-refractivity contribution in [1.29, 1.82) is 0 Å². The molecule has 7 rings (SSSR count). The number of nitrogens with one attached hydrogen (secondary N) is 1. The lowest BCUT2D eigenvalue weighted by atomic mass is 9.95. The fourth-order valence-corrected chi connectivity index (χ4v) is 7.76. The smallest absolute Gasteiger partial charge is 0.413 e. The highest BCUT2D eigenvalue weighted by Gasteiger charge is 2.49. The van der Waals surface area contributed by atoms with Gasteiger partial charge in [-0.25, -0.2) is 22.9 Å². The van der Waals surface area contributed by atoms with Crippen molar-refractivity contribution in [2.75, 3.05) is 43.0 Å². The van der Waals surface area contributed by atoms with Gasteiger partial charge in [-0.15, -0.1) is 0 Å². The van der Waals surface area contributed by atoms with Crippen LogP contribution in [0.15, 0.2) is 18.3 Å². The number of hydrogen-bond acceptors (Lipinski definition) is 10. The summed E-state index contributed by atoms with van der Waals surface area (Å²) in [5.41, 5.74) is -0.824. The van der Waals surface area contributed by atoms with Gasteiger partial charge in [0.25, 0.3) is 0 Å². The van der Waals surface area contributed by atoms with Gasteiger partial charge in [0.2, 0.25) is 0 Å². The Morgan fingerprint density at radius 3 is 2.67 bits per heavy atom. The summed E-state index contributed by atoms with van der Waals surface area (Å²) < 4.78 is 57.6. The minimum atomic E-state index is -0.908. The lowest BCUT2D eigenvalue weighted by Crippen LogP contribution is -2.43. The molecule has 0 radical (unpaired) electrons. The molecular formula is C32H36F3N7O3S. The van der Waals surface area contributed by atoms with Gasteiger partial charge in [-0.05, 0) is 71.6 Å². The van der Waals surface area contributed by atoms with Crippen LogP contribution in [-0.2, 0) is 4.74 Å². The maximum Gasteiger partial charge on any atom is 0.413 e. The zero-order valence-electron chi connectivity index (χ0n) is 26.0. The molecule has 3 aliphatic heterocycles. The van der Waals surface area contributed by atoms with Crippen LogP contribution in [0.3, 0.4) is 0 Å². The number of rotatable bonds is 6. The molecule has 1 aromatic carbocycles. The van der Waals surface area contributed by atoms with Gasteiger partial charge in [-0.2, -0.15) is 9.97 Å². The number of nitrogens with zero attached hydrogens (tertiary/aromatic N) is 6. The van der Waals surface area contributed by atoms with E-state index in [1.54, 1.807) is 20.8 Å². The van der Waals surface area contributed by atoms with Crippen molar-refractivity contribution in [3.63, 3.8) is 0 Å². The summed E-state index contributed by atoms with van der Waals surface area (Å²) in [4.78, 5) is 34.8. The maximum atomic E-state index is 16.6. The number of thiazole rings is 1. The van der Waals surface area contributed by atoms with Crippen molar-refractivity contribution < 1.29 is 27.4 Å². The quantitative estimate of drug-likeness (QED) is 0.238. The Labute approximate surface area is 268 Å². The number of carbonyl (C=O) groups is 1. The Morgan fingerprint density at radius 1 is 1.09 bits per heavy atom. The van der Waals surface area contributed by atoms with Crippen molar-refractivity contribution in [3.8, 4) is 17.3 Å². The summed E-state index contributed by atoms with van der Waals surface area (Å²) in [6.07, 6.45) is 5.11. The lowest BCUT2D eigenvalue weighted by Gasteiger charge is -2.31. The largest absolute Gasteiger partial charge is 0.461 e. The molecule has 6 heterocycles. The molecule has 3 aliphatic rings. The van der Waals surface area contributed by atoms with Crippen LogP contribution in [0.25, 0.3) is 32.4 Å². The van der Waals surface area contributed by atoms with Crippen LogP contribution in [-0.4, -0.2) is 81.0 Å². The van der Waals surface area contributed by atoms with Crippen LogP contribution in [0.1, 0.15) is 59.3 Å². The number of pyridine rings is 1. The Hall–Kier alpha value is -3.78. The summed E-state index contributed by atoms with van der Waals surface area (Å²) >= 11 is 0.915. The van der Waals surface area contributed by atoms with Crippen LogP contribution >= 0.6 is 11.3 Å². The number of carbonyl (C=O) groups excluding carboxylic acids is 1. The first-order valence-electron chi connectivity index (χ1n) is 15.7. The van der Waals surface area contributed by atoms with Crippen molar-refractivity contribution >= 4 is 49.5 Å². The van der Waals surface area contributed by atoms with E-state index < -0.39 is 35.0 Å². The summed E-state index contributed by atoms with van der Waals surface area (Å²) in [6.45, 7) is 8.11. The standard InChI is InChI=1S/C32H36F3N7O3S/c1-31(2,3)45-30(43)40-29-38-25-19(8-9-21(34)26(25)46-29)23-22(35)24-20(15-36-23)27(41-11-5-4-6-12-41)39-28(37-24)44-17-32-10-7-13-42(32)16-18(33)14-32/h8-9,15,18H,4-7,10-14,16-17H2,1-3H3,(H,38,40,43)/t18-,32+/m1/s1. The minimum absolute atomic E-state index is 0.0194. The van der Waals surface area contributed by atoms with Crippen molar-refractivity contribution in [2.24, 2.45) is 0 Å². The Bertz CT molecular complexity index is 1810. The third kappa shape index (κ3) is 5.81. The first kappa shape index (κ1) is 30.9. The zero-order valence-corrected chi connectivity index (χ0v) is 26.9. The predicted octanol–water partition coefficient (Wildman–Crippen LogP) is 6.87. The molecule has 4 aromatic rings. The van der Waals surface area contributed by atoms with Gasteiger partial charge < -0.3 is 14.4 Å².